The molecule has 6 heteroatoms. The zero-order valence-corrected chi connectivity index (χ0v) is 11.9. The van der Waals surface area contributed by atoms with Gasteiger partial charge in [0.1, 0.15) is 11.6 Å². The molecule has 0 aromatic rings. The number of carbonyl (C=O) groups is 2. The van der Waals surface area contributed by atoms with Crippen LogP contribution in [0, 0.1) is 5.92 Å². The lowest BCUT2D eigenvalue weighted by atomic mass is 10.0. The number of hydrogen-bond donors (Lipinski definition) is 1. The molecule has 0 radical (unpaired) electrons. The van der Waals surface area contributed by atoms with Gasteiger partial charge in [0.2, 0.25) is 0 Å². The van der Waals surface area contributed by atoms with E-state index in [-0.39, 0.29) is 12.5 Å². The van der Waals surface area contributed by atoms with E-state index in [1.807, 2.05) is 0 Å². The third-order valence-corrected chi connectivity index (χ3v) is 2.32. The number of ether oxygens (including phenoxy) is 2. The molecule has 1 amide bonds. The van der Waals surface area contributed by atoms with Crippen LogP contribution in [0.3, 0.4) is 0 Å². The van der Waals surface area contributed by atoms with E-state index in [1.54, 1.807) is 27.7 Å². The average molecular weight is 261 g/mol. The Hall–Kier alpha value is -1.30. The number of likely N-dealkylation sites (N-methyl/N-ethyl adjacent to an activating group) is 1. The van der Waals surface area contributed by atoms with Crippen LogP contribution in [-0.2, 0) is 14.3 Å². The molecule has 18 heavy (non-hydrogen) atoms. The van der Waals surface area contributed by atoms with Crippen molar-refractivity contribution in [3.05, 3.63) is 0 Å². The summed E-state index contributed by atoms with van der Waals surface area (Å²) in [6.45, 7) is 7.15. The second-order valence-electron chi connectivity index (χ2n) is 5.31. The molecule has 106 valence electrons. The zero-order chi connectivity index (χ0) is 14.5. The van der Waals surface area contributed by atoms with E-state index in [1.165, 1.54) is 14.2 Å². The Labute approximate surface area is 108 Å². The van der Waals surface area contributed by atoms with Crippen molar-refractivity contribution in [2.75, 3.05) is 20.8 Å². The van der Waals surface area contributed by atoms with Crippen LogP contribution in [0.1, 0.15) is 27.7 Å². The summed E-state index contributed by atoms with van der Waals surface area (Å²) in [5.41, 5.74) is -0.654. The fourth-order valence-electron chi connectivity index (χ4n) is 1.59. The van der Waals surface area contributed by atoms with Crippen LogP contribution in [0.15, 0.2) is 0 Å². The minimum absolute atomic E-state index is 0.254. The lowest BCUT2D eigenvalue weighted by Crippen LogP contribution is -2.49. The molecule has 2 atom stereocenters. The van der Waals surface area contributed by atoms with Gasteiger partial charge in [-0.1, -0.05) is 6.92 Å². The quantitative estimate of drug-likeness (QED) is 0.813. The molecular formula is C12H23NO5. The molecule has 0 heterocycles. The number of rotatable bonds is 5. The van der Waals surface area contributed by atoms with Crippen LogP contribution in [-0.4, -0.2) is 54.5 Å². The predicted molar refractivity (Wildman–Crippen MR) is 66.5 cm³/mol. The number of aliphatic carboxylic acids is 1. The van der Waals surface area contributed by atoms with Crippen LogP contribution in [0.5, 0.6) is 0 Å². The SMILES string of the molecule is COC[C@H](C)[C@@H](C(=O)O)N(C)C(=O)OC(C)(C)C. The average Bonchev–Trinajstić information content (AvgIpc) is 2.14. The molecule has 0 fully saturated rings. The van der Waals surface area contributed by atoms with Gasteiger partial charge in [-0.25, -0.2) is 9.59 Å². The monoisotopic (exact) mass is 261 g/mol. The third-order valence-electron chi connectivity index (χ3n) is 2.32. The van der Waals surface area contributed by atoms with Crippen molar-refractivity contribution < 1.29 is 24.2 Å². The molecule has 0 aliphatic heterocycles. The highest BCUT2D eigenvalue weighted by atomic mass is 16.6. The molecule has 0 aromatic carbocycles. The van der Waals surface area contributed by atoms with Crippen molar-refractivity contribution in [1.82, 2.24) is 4.90 Å². The highest BCUT2D eigenvalue weighted by Crippen LogP contribution is 2.15. The first kappa shape index (κ1) is 16.7. The van der Waals surface area contributed by atoms with Gasteiger partial charge in [-0.15, -0.1) is 0 Å². The molecule has 0 saturated heterocycles. The maximum Gasteiger partial charge on any atom is 0.410 e. The molecular weight excluding hydrogens is 238 g/mol. The number of carbonyl (C=O) groups excluding carboxylic acids is 1. The van der Waals surface area contributed by atoms with E-state index >= 15 is 0 Å². The number of amides is 1. The number of nitrogens with zero attached hydrogens (tertiary/aromatic N) is 1. The van der Waals surface area contributed by atoms with Crippen molar-refractivity contribution in [3.8, 4) is 0 Å². The van der Waals surface area contributed by atoms with Gasteiger partial charge in [-0.05, 0) is 20.8 Å². The van der Waals surface area contributed by atoms with Crippen LogP contribution >= 0.6 is 0 Å². The standard InChI is InChI=1S/C12H23NO5/c1-8(7-17-6)9(10(14)15)13(5)11(16)18-12(2,3)4/h8-9H,7H2,1-6H3,(H,14,15)/t8-,9-/m0/s1. The lowest BCUT2D eigenvalue weighted by molar-refractivity contribution is -0.145. The van der Waals surface area contributed by atoms with E-state index in [0.29, 0.717) is 0 Å². The molecule has 1 N–H and O–H groups in total. The van der Waals surface area contributed by atoms with Crippen molar-refractivity contribution >= 4 is 12.1 Å². The Morgan fingerprint density at radius 2 is 1.83 bits per heavy atom. The second-order valence-corrected chi connectivity index (χ2v) is 5.31. The highest BCUT2D eigenvalue weighted by Gasteiger charge is 2.34. The Bertz CT molecular complexity index is 297. The normalized spacial score (nSPS) is 14.8. The van der Waals surface area contributed by atoms with Gasteiger partial charge < -0.3 is 14.6 Å². The molecule has 0 unspecified atom stereocenters. The van der Waals surface area contributed by atoms with E-state index in [2.05, 4.69) is 0 Å². The van der Waals surface area contributed by atoms with Crippen LogP contribution in [0.25, 0.3) is 0 Å². The van der Waals surface area contributed by atoms with Gasteiger partial charge in [0, 0.05) is 20.1 Å². The Morgan fingerprint density at radius 3 is 2.17 bits per heavy atom. The van der Waals surface area contributed by atoms with Crippen molar-refractivity contribution in [3.63, 3.8) is 0 Å². The van der Waals surface area contributed by atoms with E-state index in [9.17, 15) is 14.7 Å². The third kappa shape index (κ3) is 5.35. The van der Waals surface area contributed by atoms with Crippen molar-refractivity contribution in [2.24, 2.45) is 5.92 Å². The minimum Gasteiger partial charge on any atom is -0.480 e. The maximum atomic E-state index is 11.8. The van der Waals surface area contributed by atoms with E-state index < -0.39 is 23.7 Å². The van der Waals surface area contributed by atoms with E-state index in [0.717, 1.165) is 4.90 Å². The summed E-state index contributed by atoms with van der Waals surface area (Å²) < 4.78 is 10.1. The summed E-state index contributed by atoms with van der Waals surface area (Å²) in [7, 11) is 2.90. The topological polar surface area (TPSA) is 76.1 Å². The molecule has 0 spiro atoms. The Morgan fingerprint density at radius 1 is 1.33 bits per heavy atom. The summed E-state index contributed by atoms with van der Waals surface area (Å²) in [4.78, 5) is 24.1. The van der Waals surface area contributed by atoms with Crippen molar-refractivity contribution in [2.45, 2.75) is 39.3 Å². The number of hydrogen-bond acceptors (Lipinski definition) is 4. The Balaban J connectivity index is 4.81. The van der Waals surface area contributed by atoms with Crippen LogP contribution in [0.4, 0.5) is 4.79 Å². The number of carboxylic acids is 1. The summed E-state index contributed by atoms with van der Waals surface area (Å²) in [6.07, 6.45) is -0.655. The van der Waals surface area contributed by atoms with Gasteiger partial charge in [-0.3, -0.25) is 4.90 Å². The van der Waals surface area contributed by atoms with Crippen LogP contribution in [0.2, 0.25) is 0 Å². The van der Waals surface area contributed by atoms with Gasteiger partial charge in [0.05, 0.1) is 6.61 Å². The maximum absolute atomic E-state index is 11.8. The van der Waals surface area contributed by atoms with E-state index in [4.69, 9.17) is 9.47 Å². The number of methoxy groups -OCH3 is 1. The first-order chi connectivity index (χ1) is 8.10. The summed E-state index contributed by atoms with van der Waals surface area (Å²) in [5.74, 6) is -1.40. The fourth-order valence-corrected chi connectivity index (χ4v) is 1.59. The molecule has 0 rings (SSSR count). The molecule has 6 nitrogen and oxygen atoms in total. The minimum atomic E-state index is -1.08. The number of carboxylic acid groups (broad SMARTS) is 1. The first-order valence-corrected chi connectivity index (χ1v) is 5.77. The first-order valence-electron chi connectivity index (χ1n) is 5.77. The van der Waals surface area contributed by atoms with Gasteiger partial charge in [-0.2, -0.15) is 0 Å². The molecule has 0 saturated carbocycles. The highest BCUT2D eigenvalue weighted by molar-refractivity contribution is 5.80. The molecule has 0 aliphatic carbocycles. The van der Waals surface area contributed by atoms with Gasteiger partial charge >= 0.3 is 12.1 Å². The molecule has 0 bridgehead atoms. The van der Waals surface area contributed by atoms with Crippen molar-refractivity contribution in [1.29, 1.82) is 0 Å². The Kier molecular flexibility index (Phi) is 6.11. The largest absolute Gasteiger partial charge is 0.480 e. The fraction of sp³-hybridized carbons (Fsp3) is 0.833. The summed E-state index contributed by atoms with van der Waals surface area (Å²) >= 11 is 0. The summed E-state index contributed by atoms with van der Waals surface area (Å²) in [5, 5.41) is 9.18. The van der Waals surface area contributed by atoms with Gasteiger partial charge in [0.15, 0.2) is 0 Å². The zero-order valence-electron chi connectivity index (χ0n) is 11.9. The lowest BCUT2D eigenvalue weighted by Gasteiger charge is -2.31. The smallest absolute Gasteiger partial charge is 0.410 e. The second kappa shape index (κ2) is 6.58. The van der Waals surface area contributed by atoms with Crippen LogP contribution < -0.4 is 0 Å². The predicted octanol–water partition coefficient (Wildman–Crippen LogP) is 1.59. The van der Waals surface area contributed by atoms with Gasteiger partial charge in [0.25, 0.3) is 0 Å². The molecule has 0 aliphatic rings. The molecule has 0 aromatic heterocycles. The summed E-state index contributed by atoms with van der Waals surface area (Å²) in [6, 6.07) is -0.972.